The molecule has 5 nitrogen and oxygen atoms in total. The molecular formula is C21H21ClN2O3S. The lowest BCUT2D eigenvalue weighted by atomic mass is 10.1. The Morgan fingerprint density at radius 2 is 1.89 bits per heavy atom. The van der Waals surface area contributed by atoms with Crippen molar-refractivity contribution in [3.63, 3.8) is 0 Å². The first-order valence-electron chi connectivity index (χ1n) is 8.89. The van der Waals surface area contributed by atoms with Crippen LogP contribution >= 0.6 is 23.4 Å². The molecule has 1 aliphatic heterocycles. The summed E-state index contributed by atoms with van der Waals surface area (Å²) in [5.74, 6) is 0.688. The molecule has 1 atom stereocenters. The van der Waals surface area contributed by atoms with Crippen LogP contribution in [0.25, 0.3) is 0 Å². The zero-order valence-corrected chi connectivity index (χ0v) is 17.2. The molecule has 0 bridgehead atoms. The van der Waals surface area contributed by atoms with Crippen molar-refractivity contribution in [2.24, 2.45) is 0 Å². The second-order valence-electron chi connectivity index (χ2n) is 6.33. The molecule has 0 aliphatic carbocycles. The number of nitrogens with one attached hydrogen (secondary N) is 2. The predicted octanol–water partition coefficient (Wildman–Crippen LogP) is 4.76. The largest absolute Gasteiger partial charge is 0.496 e. The fourth-order valence-corrected chi connectivity index (χ4v) is 3.81. The Morgan fingerprint density at radius 1 is 1.14 bits per heavy atom. The molecule has 0 spiro atoms. The molecule has 0 radical (unpaired) electrons. The molecule has 2 N–H and O–H groups in total. The van der Waals surface area contributed by atoms with Crippen LogP contribution in [0.3, 0.4) is 0 Å². The second-order valence-corrected chi connectivity index (χ2v) is 7.87. The average Bonchev–Trinajstić information content (AvgIpc) is 2.69. The normalized spacial score (nSPS) is 14.8. The number of benzene rings is 2. The summed E-state index contributed by atoms with van der Waals surface area (Å²) in [6, 6.07) is 14.3. The summed E-state index contributed by atoms with van der Waals surface area (Å²) < 4.78 is 5.44. The van der Waals surface area contributed by atoms with Crippen LogP contribution < -0.4 is 10.6 Å². The van der Waals surface area contributed by atoms with Gasteiger partial charge in [-0.3, -0.25) is 9.59 Å². The van der Waals surface area contributed by atoms with Crippen LogP contribution in [0.1, 0.15) is 35.8 Å². The Kier molecular flexibility index (Phi) is 6.65. The van der Waals surface area contributed by atoms with Gasteiger partial charge in [-0.25, -0.2) is 0 Å². The van der Waals surface area contributed by atoms with Crippen LogP contribution in [0, 0.1) is 0 Å². The van der Waals surface area contributed by atoms with Crippen molar-refractivity contribution in [1.29, 1.82) is 0 Å². The SMILES string of the molecule is CC1=C(C(=O)Nc2cc(Cl)ccc2C(=O)NC(C)c2ccccc2)SCCO1. The topological polar surface area (TPSA) is 67.4 Å². The number of amides is 2. The number of allylic oxidation sites excluding steroid dienone is 1. The first-order valence-corrected chi connectivity index (χ1v) is 10.2. The Bertz CT molecular complexity index is 915. The number of carbonyl (C=O) groups is 2. The summed E-state index contributed by atoms with van der Waals surface area (Å²) >= 11 is 7.53. The van der Waals surface area contributed by atoms with E-state index in [-0.39, 0.29) is 17.9 Å². The van der Waals surface area contributed by atoms with Gasteiger partial charge in [0, 0.05) is 10.8 Å². The molecule has 1 unspecified atom stereocenters. The highest BCUT2D eigenvalue weighted by atomic mass is 35.5. The Balaban J connectivity index is 1.80. The van der Waals surface area contributed by atoms with Crippen molar-refractivity contribution in [2.45, 2.75) is 19.9 Å². The molecule has 3 rings (SSSR count). The van der Waals surface area contributed by atoms with Crippen LogP contribution in [-0.4, -0.2) is 24.2 Å². The van der Waals surface area contributed by atoms with E-state index in [9.17, 15) is 9.59 Å². The van der Waals surface area contributed by atoms with Gasteiger partial charge in [0.25, 0.3) is 11.8 Å². The van der Waals surface area contributed by atoms with Crippen LogP contribution in [0.4, 0.5) is 5.69 Å². The van der Waals surface area contributed by atoms with Crippen molar-refractivity contribution < 1.29 is 14.3 Å². The number of halogens is 1. The maximum Gasteiger partial charge on any atom is 0.265 e. The van der Waals surface area contributed by atoms with E-state index in [1.807, 2.05) is 37.3 Å². The molecule has 1 heterocycles. The molecular weight excluding hydrogens is 396 g/mol. The molecule has 0 fully saturated rings. The third-order valence-electron chi connectivity index (χ3n) is 4.30. The number of ether oxygens (including phenoxy) is 1. The van der Waals surface area contributed by atoms with Gasteiger partial charge in [0.05, 0.1) is 23.9 Å². The van der Waals surface area contributed by atoms with E-state index in [0.29, 0.717) is 39.3 Å². The lowest BCUT2D eigenvalue weighted by Crippen LogP contribution is -2.28. The summed E-state index contributed by atoms with van der Waals surface area (Å²) in [7, 11) is 0. The van der Waals surface area contributed by atoms with E-state index in [0.717, 1.165) is 5.56 Å². The van der Waals surface area contributed by atoms with Gasteiger partial charge in [-0.2, -0.15) is 0 Å². The maximum absolute atomic E-state index is 12.8. The highest BCUT2D eigenvalue weighted by Gasteiger charge is 2.22. The number of rotatable bonds is 5. The molecule has 146 valence electrons. The number of thioether (sulfide) groups is 1. The number of hydrogen-bond donors (Lipinski definition) is 2. The van der Waals surface area contributed by atoms with E-state index < -0.39 is 0 Å². The summed E-state index contributed by atoms with van der Waals surface area (Å²) in [4.78, 5) is 26.0. The van der Waals surface area contributed by atoms with Gasteiger partial charge < -0.3 is 15.4 Å². The zero-order chi connectivity index (χ0) is 20.1. The van der Waals surface area contributed by atoms with Gasteiger partial charge >= 0.3 is 0 Å². The van der Waals surface area contributed by atoms with Crippen LogP contribution in [0.15, 0.2) is 59.2 Å². The molecule has 0 saturated heterocycles. The van der Waals surface area contributed by atoms with Gasteiger partial charge in [-0.15, -0.1) is 11.8 Å². The van der Waals surface area contributed by atoms with Gasteiger partial charge in [0.2, 0.25) is 0 Å². The monoisotopic (exact) mass is 416 g/mol. The molecule has 1 aliphatic rings. The summed E-state index contributed by atoms with van der Waals surface area (Å²) in [6.07, 6.45) is 0. The van der Waals surface area contributed by atoms with Gasteiger partial charge in [0.15, 0.2) is 0 Å². The van der Waals surface area contributed by atoms with Crippen molar-refractivity contribution in [1.82, 2.24) is 5.32 Å². The van der Waals surface area contributed by atoms with Gasteiger partial charge in [-0.1, -0.05) is 41.9 Å². The Morgan fingerprint density at radius 3 is 2.61 bits per heavy atom. The molecule has 2 amide bonds. The van der Waals surface area contributed by atoms with Crippen LogP contribution in [0.2, 0.25) is 5.02 Å². The van der Waals surface area contributed by atoms with E-state index >= 15 is 0 Å². The highest BCUT2D eigenvalue weighted by Crippen LogP contribution is 2.28. The van der Waals surface area contributed by atoms with Crippen molar-refractivity contribution >= 4 is 40.9 Å². The summed E-state index contributed by atoms with van der Waals surface area (Å²) in [5.41, 5.74) is 1.70. The second kappa shape index (κ2) is 9.17. The van der Waals surface area contributed by atoms with Crippen LogP contribution in [0.5, 0.6) is 0 Å². The molecule has 2 aromatic carbocycles. The minimum atomic E-state index is -0.311. The Labute approximate surface area is 173 Å². The fourth-order valence-electron chi connectivity index (χ4n) is 2.83. The van der Waals surface area contributed by atoms with Crippen molar-refractivity contribution in [3.8, 4) is 0 Å². The van der Waals surface area contributed by atoms with E-state index in [4.69, 9.17) is 16.3 Å². The van der Waals surface area contributed by atoms with Crippen molar-refractivity contribution in [2.75, 3.05) is 17.7 Å². The average molecular weight is 417 g/mol. The van der Waals surface area contributed by atoms with E-state index in [1.54, 1.807) is 25.1 Å². The standard InChI is InChI=1S/C21H21ClN2O3S/c1-13(15-6-4-3-5-7-15)23-20(25)17-9-8-16(22)12-18(17)24-21(26)19-14(2)27-10-11-28-19/h3-9,12-13H,10-11H2,1-2H3,(H,23,25)(H,24,26). The zero-order valence-electron chi connectivity index (χ0n) is 15.6. The third kappa shape index (κ3) is 4.88. The minimum absolute atomic E-state index is 0.180. The van der Waals surface area contributed by atoms with E-state index in [2.05, 4.69) is 10.6 Å². The third-order valence-corrected chi connectivity index (χ3v) is 5.66. The lowest BCUT2D eigenvalue weighted by molar-refractivity contribution is -0.112. The molecule has 0 aromatic heterocycles. The number of carbonyl (C=O) groups excluding carboxylic acids is 2. The van der Waals surface area contributed by atoms with E-state index in [1.165, 1.54) is 11.8 Å². The summed E-state index contributed by atoms with van der Waals surface area (Å²) in [6.45, 7) is 4.25. The van der Waals surface area contributed by atoms with Crippen LogP contribution in [-0.2, 0) is 9.53 Å². The van der Waals surface area contributed by atoms with Gasteiger partial charge in [-0.05, 0) is 37.6 Å². The highest BCUT2D eigenvalue weighted by molar-refractivity contribution is 8.04. The van der Waals surface area contributed by atoms with Crippen molar-refractivity contribution in [3.05, 3.63) is 75.3 Å². The quantitative estimate of drug-likeness (QED) is 0.737. The molecule has 2 aromatic rings. The smallest absolute Gasteiger partial charge is 0.265 e. The first kappa shape index (κ1) is 20.3. The summed E-state index contributed by atoms with van der Waals surface area (Å²) in [5, 5.41) is 6.19. The van der Waals surface area contributed by atoms with Gasteiger partial charge in [0.1, 0.15) is 10.7 Å². The number of anilines is 1. The minimum Gasteiger partial charge on any atom is -0.496 e. The molecule has 7 heteroatoms. The Hall–Kier alpha value is -2.44. The first-order chi connectivity index (χ1) is 13.5. The molecule has 28 heavy (non-hydrogen) atoms. The maximum atomic E-state index is 12.8. The fraction of sp³-hybridized carbons (Fsp3) is 0.238. The lowest BCUT2D eigenvalue weighted by Gasteiger charge is -2.19. The number of hydrogen-bond acceptors (Lipinski definition) is 4. The predicted molar refractivity (Wildman–Crippen MR) is 114 cm³/mol. The molecule has 0 saturated carbocycles.